The number of ether oxygens (including phenoxy) is 1. The predicted octanol–water partition coefficient (Wildman–Crippen LogP) is 3.33. The molecule has 3 aromatic heterocycles. The van der Waals surface area contributed by atoms with Crippen LogP contribution in [0.4, 0.5) is 0 Å². The van der Waals surface area contributed by atoms with Gasteiger partial charge in [-0.25, -0.2) is 4.98 Å². The van der Waals surface area contributed by atoms with Crippen molar-refractivity contribution in [1.82, 2.24) is 25.4 Å². The Bertz CT molecular complexity index is 1160. The van der Waals surface area contributed by atoms with Gasteiger partial charge >= 0.3 is 0 Å². The highest BCUT2D eigenvalue weighted by atomic mass is 16.5. The molecule has 1 amide bonds. The van der Waals surface area contributed by atoms with Crippen LogP contribution in [0, 0.1) is 0 Å². The van der Waals surface area contributed by atoms with E-state index in [1.165, 1.54) is 38.5 Å². The smallest absolute Gasteiger partial charge is 0.245 e. The minimum atomic E-state index is -0.420. The molecule has 0 radical (unpaired) electrons. The van der Waals surface area contributed by atoms with E-state index in [0.717, 1.165) is 28.8 Å². The summed E-state index contributed by atoms with van der Waals surface area (Å²) >= 11 is 0. The van der Waals surface area contributed by atoms with Crippen molar-refractivity contribution in [2.24, 2.45) is 0 Å². The molecule has 1 aliphatic rings. The Morgan fingerprint density at radius 2 is 2.09 bits per heavy atom. The number of aliphatic hydroxyl groups excluding tert-OH is 1. The lowest BCUT2D eigenvalue weighted by molar-refractivity contribution is -0.123. The second-order valence-electron chi connectivity index (χ2n) is 7.69. The summed E-state index contributed by atoms with van der Waals surface area (Å²) in [5.74, 6) is 0.905. The lowest BCUT2D eigenvalue weighted by atomic mass is 10.1. The molecule has 1 fully saturated rings. The van der Waals surface area contributed by atoms with Gasteiger partial charge < -0.3 is 19.6 Å². The molecule has 33 heavy (non-hydrogen) atoms. The summed E-state index contributed by atoms with van der Waals surface area (Å²) < 4.78 is 11.7. The van der Waals surface area contributed by atoms with Gasteiger partial charge in [-0.1, -0.05) is 0 Å². The molecule has 1 saturated heterocycles. The van der Waals surface area contributed by atoms with Crippen molar-refractivity contribution in [1.29, 1.82) is 0 Å². The molecule has 0 bridgehead atoms. The molecular formula is C24H27N5O4. The van der Waals surface area contributed by atoms with E-state index in [1.807, 2.05) is 36.6 Å². The number of hydrogen-bond acceptors (Lipinski definition) is 7. The number of nitrogens with zero attached hydrogens (tertiary/aromatic N) is 3. The number of hydrogen-bond donors (Lipinski definition) is 3. The van der Waals surface area contributed by atoms with Crippen molar-refractivity contribution >= 4 is 16.9 Å². The van der Waals surface area contributed by atoms with E-state index in [-0.39, 0.29) is 5.91 Å². The van der Waals surface area contributed by atoms with Crippen molar-refractivity contribution in [3.05, 3.63) is 60.6 Å². The van der Waals surface area contributed by atoms with Crippen LogP contribution in [-0.4, -0.2) is 57.8 Å². The van der Waals surface area contributed by atoms with Gasteiger partial charge in [0.15, 0.2) is 0 Å². The van der Waals surface area contributed by atoms with E-state index in [4.69, 9.17) is 14.3 Å². The third-order valence-electron chi connectivity index (χ3n) is 5.41. The van der Waals surface area contributed by atoms with Crippen molar-refractivity contribution in [2.45, 2.75) is 19.4 Å². The number of aliphatic hydroxyl groups is 1. The fraction of sp³-hybridized carbons (Fsp3) is 0.292. The normalized spacial score (nSPS) is 13.5. The van der Waals surface area contributed by atoms with Crippen molar-refractivity contribution in [3.8, 4) is 22.9 Å². The SMILES string of the molecule is CNC(=O)CO.c1cc(-c2ccc(Oc3ccc4c(CN5CCCC5)coc4c3)nc2)[nH]n1. The molecule has 9 heteroatoms. The number of nitrogens with one attached hydrogen (secondary N) is 2. The number of amides is 1. The van der Waals surface area contributed by atoms with E-state index in [0.29, 0.717) is 11.6 Å². The van der Waals surface area contributed by atoms with Crippen molar-refractivity contribution < 1.29 is 19.1 Å². The molecule has 0 aliphatic carbocycles. The van der Waals surface area contributed by atoms with Crippen LogP contribution >= 0.6 is 0 Å². The predicted molar refractivity (Wildman–Crippen MR) is 124 cm³/mol. The van der Waals surface area contributed by atoms with E-state index < -0.39 is 6.61 Å². The van der Waals surface area contributed by atoms with Crippen LogP contribution < -0.4 is 10.1 Å². The number of benzene rings is 1. The number of carbonyl (C=O) groups excluding carboxylic acids is 1. The molecule has 0 saturated carbocycles. The monoisotopic (exact) mass is 449 g/mol. The van der Waals surface area contributed by atoms with Gasteiger partial charge in [0.1, 0.15) is 17.9 Å². The molecule has 4 aromatic rings. The number of fused-ring (bicyclic) bond motifs is 1. The third kappa shape index (κ3) is 5.76. The Balaban J connectivity index is 0.000000385. The fourth-order valence-electron chi connectivity index (χ4n) is 3.65. The topological polar surface area (TPSA) is 117 Å². The average Bonchev–Trinajstić information content (AvgIpc) is 3.63. The Morgan fingerprint density at radius 1 is 1.24 bits per heavy atom. The Morgan fingerprint density at radius 3 is 2.73 bits per heavy atom. The van der Waals surface area contributed by atoms with E-state index in [2.05, 4.69) is 31.5 Å². The largest absolute Gasteiger partial charge is 0.464 e. The lowest BCUT2D eigenvalue weighted by Crippen LogP contribution is -2.20. The zero-order valence-electron chi connectivity index (χ0n) is 18.5. The van der Waals surface area contributed by atoms with Gasteiger partial charge in [0, 0.05) is 54.6 Å². The summed E-state index contributed by atoms with van der Waals surface area (Å²) in [6.07, 6.45) is 7.93. The first-order valence-electron chi connectivity index (χ1n) is 10.8. The molecule has 4 heterocycles. The van der Waals surface area contributed by atoms with Crippen molar-refractivity contribution in [3.63, 3.8) is 0 Å². The first kappa shape index (κ1) is 22.5. The van der Waals surface area contributed by atoms with Crippen LogP contribution in [0.1, 0.15) is 18.4 Å². The second kappa shape index (κ2) is 10.8. The Hall–Kier alpha value is -3.69. The number of carbonyl (C=O) groups is 1. The Labute approximate surface area is 191 Å². The van der Waals surface area contributed by atoms with Gasteiger partial charge in [-0.3, -0.25) is 14.8 Å². The van der Waals surface area contributed by atoms with Gasteiger partial charge in [0.25, 0.3) is 0 Å². The molecular weight excluding hydrogens is 422 g/mol. The minimum absolute atomic E-state index is 0.352. The second-order valence-corrected chi connectivity index (χ2v) is 7.69. The van der Waals surface area contributed by atoms with Crippen LogP contribution in [0.15, 0.2) is 59.5 Å². The Kier molecular flexibility index (Phi) is 7.33. The highest BCUT2D eigenvalue weighted by Crippen LogP contribution is 2.29. The van der Waals surface area contributed by atoms with Crippen LogP contribution in [0.25, 0.3) is 22.2 Å². The number of furan rings is 1. The summed E-state index contributed by atoms with van der Waals surface area (Å²) in [5, 5.41) is 18.2. The third-order valence-corrected chi connectivity index (χ3v) is 5.41. The maximum absolute atomic E-state index is 9.82. The molecule has 9 nitrogen and oxygen atoms in total. The quantitative estimate of drug-likeness (QED) is 0.413. The van der Waals surface area contributed by atoms with Crippen LogP contribution in [0.2, 0.25) is 0 Å². The zero-order chi connectivity index (χ0) is 23.0. The molecule has 5 rings (SSSR count). The lowest BCUT2D eigenvalue weighted by Gasteiger charge is -2.13. The highest BCUT2D eigenvalue weighted by molar-refractivity contribution is 5.82. The van der Waals surface area contributed by atoms with Crippen LogP contribution in [-0.2, 0) is 11.3 Å². The molecule has 0 unspecified atom stereocenters. The first-order chi connectivity index (χ1) is 16.2. The molecule has 0 atom stereocenters. The maximum Gasteiger partial charge on any atom is 0.245 e. The van der Waals surface area contributed by atoms with Crippen molar-refractivity contribution in [2.75, 3.05) is 26.7 Å². The van der Waals surface area contributed by atoms with Gasteiger partial charge in [-0.05, 0) is 50.2 Å². The maximum atomic E-state index is 9.82. The van der Waals surface area contributed by atoms with Gasteiger partial charge in [0.05, 0.1) is 12.0 Å². The first-order valence-corrected chi connectivity index (χ1v) is 10.8. The minimum Gasteiger partial charge on any atom is -0.464 e. The van der Waals surface area contributed by atoms with E-state index >= 15 is 0 Å². The standard InChI is InChI=1S/C21H20N4O2.C3H7NO2/c1-2-10-25(9-1)13-16-14-26-20-11-17(4-5-18(16)20)27-21-6-3-15(12-22-21)19-7-8-23-24-19;1-4-3(6)2-5/h3-8,11-12,14H,1-2,9-10,13H2,(H,23,24);5H,2H2,1H3,(H,4,6). The summed E-state index contributed by atoms with van der Waals surface area (Å²) in [7, 11) is 1.47. The average molecular weight is 450 g/mol. The molecule has 172 valence electrons. The van der Waals surface area contributed by atoms with Gasteiger partial charge in [-0.15, -0.1) is 0 Å². The fourth-order valence-corrected chi connectivity index (χ4v) is 3.65. The highest BCUT2D eigenvalue weighted by Gasteiger charge is 2.15. The zero-order valence-corrected chi connectivity index (χ0v) is 18.5. The number of pyridine rings is 1. The number of aromatic amines is 1. The van der Waals surface area contributed by atoms with Gasteiger partial charge in [-0.2, -0.15) is 5.10 Å². The summed E-state index contributed by atoms with van der Waals surface area (Å²) in [6, 6.07) is 11.7. The molecule has 0 spiro atoms. The number of likely N-dealkylation sites (N-methyl/N-ethyl adjacent to an activating group) is 1. The number of likely N-dealkylation sites (tertiary alicyclic amines) is 1. The summed E-state index contributed by atoms with van der Waals surface area (Å²) in [4.78, 5) is 16.7. The molecule has 1 aliphatic heterocycles. The number of H-pyrrole nitrogens is 1. The van der Waals surface area contributed by atoms with Crippen LogP contribution in [0.3, 0.4) is 0 Å². The van der Waals surface area contributed by atoms with E-state index in [9.17, 15) is 4.79 Å². The number of aromatic nitrogens is 3. The molecule has 1 aromatic carbocycles. The number of rotatable bonds is 6. The summed E-state index contributed by atoms with van der Waals surface area (Å²) in [5.41, 5.74) is 3.97. The van der Waals surface area contributed by atoms with Crippen LogP contribution in [0.5, 0.6) is 11.6 Å². The van der Waals surface area contributed by atoms with E-state index in [1.54, 1.807) is 12.4 Å². The van der Waals surface area contributed by atoms with Gasteiger partial charge in [0.2, 0.25) is 11.8 Å². The summed E-state index contributed by atoms with van der Waals surface area (Å²) in [6.45, 7) is 2.88. The molecule has 3 N–H and O–H groups in total.